The lowest BCUT2D eigenvalue weighted by Crippen LogP contribution is -2.10. The minimum absolute atomic E-state index is 0.0180. The van der Waals surface area contributed by atoms with Crippen LogP contribution in [0.15, 0.2) is 28.7 Å². The maximum atomic E-state index is 13.3. The number of rotatable bonds is 4. The van der Waals surface area contributed by atoms with Crippen molar-refractivity contribution in [3.05, 3.63) is 48.8 Å². The van der Waals surface area contributed by atoms with Gasteiger partial charge in [0.1, 0.15) is 11.6 Å². The second-order valence-corrected chi connectivity index (χ2v) is 6.49. The fourth-order valence-corrected chi connectivity index (χ4v) is 3.01. The van der Waals surface area contributed by atoms with Crippen LogP contribution in [0.25, 0.3) is 0 Å². The Morgan fingerprint density at radius 3 is 2.74 bits per heavy atom. The summed E-state index contributed by atoms with van der Waals surface area (Å²) in [5.41, 5.74) is 0. The van der Waals surface area contributed by atoms with Crippen LogP contribution in [0.3, 0.4) is 0 Å². The molecule has 0 saturated carbocycles. The van der Waals surface area contributed by atoms with Crippen LogP contribution < -0.4 is 4.74 Å². The van der Waals surface area contributed by atoms with Crippen LogP contribution in [0, 0.1) is 5.82 Å². The van der Waals surface area contributed by atoms with E-state index in [0.717, 1.165) is 6.07 Å². The molecule has 0 unspecified atom stereocenters. The standard InChI is InChI=1S/C12H6BrCl2FO2S/c13-6-3-7(14)8(16)4-10(6)18-5-9(17)11-1-2-12(15)19-11/h1-4H,5H2. The van der Waals surface area contributed by atoms with Crippen molar-refractivity contribution >= 4 is 56.3 Å². The average Bonchev–Trinajstić information content (AvgIpc) is 2.78. The summed E-state index contributed by atoms with van der Waals surface area (Å²) in [6.07, 6.45) is 0. The van der Waals surface area contributed by atoms with E-state index < -0.39 is 5.82 Å². The van der Waals surface area contributed by atoms with E-state index >= 15 is 0 Å². The Hall–Kier alpha value is -0.620. The molecule has 0 N–H and O–H groups in total. The summed E-state index contributed by atoms with van der Waals surface area (Å²) in [5, 5.41) is -0.0180. The van der Waals surface area contributed by atoms with Crippen molar-refractivity contribution in [1.82, 2.24) is 0 Å². The molecule has 100 valence electrons. The lowest BCUT2D eigenvalue weighted by atomic mass is 10.3. The Morgan fingerprint density at radius 2 is 2.11 bits per heavy atom. The van der Waals surface area contributed by atoms with E-state index in [0.29, 0.717) is 13.7 Å². The molecule has 7 heteroatoms. The minimum Gasteiger partial charge on any atom is -0.484 e. The zero-order valence-corrected chi connectivity index (χ0v) is 13.2. The van der Waals surface area contributed by atoms with Crippen molar-refractivity contribution in [1.29, 1.82) is 0 Å². The van der Waals surface area contributed by atoms with Gasteiger partial charge < -0.3 is 4.74 Å². The fraction of sp³-hybridized carbons (Fsp3) is 0.0833. The summed E-state index contributed by atoms with van der Waals surface area (Å²) in [4.78, 5) is 12.3. The Bertz CT molecular complexity index is 630. The highest BCUT2D eigenvalue weighted by Gasteiger charge is 2.12. The van der Waals surface area contributed by atoms with Crippen LogP contribution in [-0.4, -0.2) is 12.4 Å². The number of hydrogen-bond donors (Lipinski definition) is 0. The van der Waals surface area contributed by atoms with E-state index in [2.05, 4.69) is 15.9 Å². The molecule has 0 fully saturated rings. The van der Waals surface area contributed by atoms with Gasteiger partial charge in [0.15, 0.2) is 6.61 Å². The quantitative estimate of drug-likeness (QED) is 0.534. The van der Waals surface area contributed by atoms with Crippen molar-refractivity contribution in [3.8, 4) is 5.75 Å². The third-order valence-corrected chi connectivity index (χ3v) is 4.36. The minimum atomic E-state index is -0.605. The summed E-state index contributed by atoms with van der Waals surface area (Å²) in [7, 11) is 0. The maximum absolute atomic E-state index is 13.3. The summed E-state index contributed by atoms with van der Waals surface area (Å²) < 4.78 is 19.6. The van der Waals surface area contributed by atoms with Crippen molar-refractivity contribution in [2.24, 2.45) is 0 Å². The van der Waals surface area contributed by atoms with E-state index in [4.69, 9.17) is 27.9 Å². The lowest BCUT2D eigenvalue weighted by Gasteiger charge is -2.07. The average molecular weight is 384 g/mol. The van der Waals surface area contributed by atoms with Gasteiger partial charge in [-0.3, -0.25) is 4.79 Å². The number of halogens is 4. The van der Waals surface area contributed by atoms with E-state index in [-0.39, 0.29) is 23.2 Å². The molecule has 0 aliphatic rings. The molecule has 2 rings (SSSR count). The SMILES string of the molecule is O=C(COc1cc(F)c(Cl)cc1Br)c1ccc(Cl)s1. The van der Waals surface area contributed by atoms with Crippen LogP contribution >= 0.6 is 50.5 Å². The molecule has 0 radical (unpaired) electrons. The second kappa shape index (κ2) is 6.22. The maximum Gasteiger partial charge on any atom is 0.210 e. The number of ether oxygens (including phenoxy) is 1. The zero-order chi connectivity index (χ0) is 14.0. The van der Waals surface area contributed by atoms with E-state index in [1.165, 1.54) is 17.4 Å². The van der Waals surface area contributed by atoms with Crippen molar-refractivity contribution in [2.45, 2.75) is 0 Å². The van der Waals surface area contributed by atoms with Gasteiger partial charge in [-0.15, -0.1) is 11.3 Å². The van der Waals surface area contributed by atoms with Gasteiger partial charge in [0, 0.05) is 6.07 Å². The highest BCUT2D eigenvalue weighted by molar-refractivity contribution is 9.10. The molecule has 1 aromatic heterocycles. The Balaban J connectivity index is 2.07. The monoisotopic (exact) mass is 382 g/mol. The summed E-state index contributed by atoms with van der Waals surface area (Å²) >= 11 is 15.7. The third kappa shape index (κ3) is 3.69. The number of ketones is 1. The molecular formula is C12H6BrCl2FO2S. The second-order valence-electron chi connectivity index (χ2n) is 3.51. The number of carbonyl (C=O) groups excluding carboxylic acids is 1. The molecular weight excluding hydrogens is 378 g/mol. The molecule has 1 aromatic carbocycles. The van der Waals surface area contributed by atoms with Gasteiger partial charge in [-0.2, -0.15) is 0 Å². The molecule has 0 bridgehead atoms. The van der Waals surface area contributed by atoms with Crippen molar-refractivity contribution in [2.75, 3.05) is 6.61 Å². The number of Topliss-reactive ketones (excluding diaryl/α,β-unsaturated/α-hetero) is 1. The molecule has 0 aliphatic heterocycles. The van der Waals surface area contributed by atoms with Crippen LogP contribution in [0.5, 0.6) is 5.75 Å². The normalized spacial score (nSPS) is 10.5. The third-order valence-electron chi connectivity index (χ3n) is 2.18. The number of hydrogen-bond acceptors (Lipinski definition) is 3. The van der Waals surface area contributed by atoms with Gasteiger partial charge in [0.2, 0.25) is 5.78 Å². The van der Waals surface area contributed by atoms with Gasteiger partial charge in [-0.05, 0) is 34.1 Å². The lowest BCUT2D eigenvalue weighted by molar-refractivity contribution is 0.0925. The summed E-state index contributed by atoms with van der Waals surface area (Å²) in [5.74, 6) is -0.608. The smallest absolute Gasteiger partial charge is 0.210 e. The Morgan fingerprint density at radius 1 is 1.37 bits per heavy atom. The number of benzene rings is 1. The van der Waals surface area contributed by atoms with Gasteiger partial charge in [-0.1, -0.05) is 23.2 Å². The van der Waals surface area contributed by atoms with Gasteiger partial charge >= 0.3 is 0 Å². The Labute approximate surface area is 131 Å². The first-order valence-electron chi connectivity index (χ1n) is 5.03. The molecule has 19 heavy (non-hydrogen) atoms. The number of carbonyl (C=O) groups is 1. The first-order valence-corrected chi connectivity index (χ1v) is 7.40. The molecule has 0 atom stereocenters. The molecule has 0 saturated heterocycles. The van der Waals surface area contributed by atoms with Crippen LogP contribution in [-0.2, 0) is 0 Å². The zero-order valence-electron chi connectivity index (χ0n) is 9.25. The summed E-state index contributed by atoms with van der Waals surface area (Å²) in [6, 6.07) is 5.76. The summed E-state index contributed by atoms with van der Waals surface area (Å²) in [6.45, 7) is -0.198. The molecule has 2 nitrogen and oxygen atoms in total. The predicted octanol–water partition coefficient (Wildman–Crippen LogP) is 5.22. The van der Waals surface area contributed by atoms with Gasteiger partial charge in [0.25, 0.3) is 0 Å². The van der Waals surface area contributed by atoms with E-state index in [1.807, 2.05) is 0 Å². The van der Waals surface area contributed by atoms with E-state index in [9.17, 15) is 9.18 Å². The molecule has 1 heterocycles. The highest BCUT2D eigenvalue weighted by Crippen LogP contribution is 2.31. The first-order chi connectivity index (χ1) is 8.97. The fourth-order valence-electron chi connectivity index (χ4n) is 1.29. The molecule has 0 aliphatic carbocycles. The topological polar surface area (TPSA) is 26.3 Å². The van der Waals surface area contributed by atoms with Crippen molar-refractivity contribution in [3.63, 3.8) is 0 Å². The molecule has 0 spiro atoms. The van der Waals surface area contributed by atoms with Crippen LogP contribution in [0.2, 0.25) is 9.36 Å². The van der Waals surface area contributed by atoms with Crippen LogP contribution in [0.1, 0.15) is 9.67 Å². The largest absolute Gasteiger partial charge is 0.484 e. The van der Waals surface area contributed by atoms with E-state index in [1.54, 1.807) is 12.1 Å². The van der Waals surface area contributed by atoms with Crippen LogP contribution in [0.4, 0.5) is 4.39 Å². The first kappa shape index (κ1) is 14.8. The molecule has 0 amide bonds. The number of thiophene rings is 1. The highest BCUT2D eigenvalue weighted by atomic mass is 79.9. The van der Waals surface area contributed by atoms with Crippen molar-refractivity contribution < 1.29 is 13.9 Å². The van der Waals surface area contributed by atoms with Gasteiger partial charge in [-0.25, -0.2) is 4.39 Å². The van der Waals surface area contributed by atoms with Gasteiger partial charge in [0.05, 0.1) is 18.7 Å². The Kier molecular flexibility index (Phi) is 4.84. The predicted molar refractivity (Wildman–Crippen MR) is 78.3 cm³/mol. The molecule has 2 aromatic rings.